The van der Waals surface area contributed by atoms with Crippen LogP contribution in [0.15, 0.2) is 9.21 Å². The third-order valence-electron chi connectivity index (χ3n) is 4.22. The van der Waals surface area contributed by atoms with Crippen molar-refractivity contribution in [3.05, 3.63) is 16.4 Å². The van der Waals surface area contributed by atoms with Crippen molar-refractivity contribution in [1.29, 1.82) is 5.26 Å². The molecule has 1 aliphatic heterocycles. The van der Waals surface area contributed by atoms with Gasteiger partial charge in [0.05, 0.1) is 6.07 Å². The van der Waals surface area contributed by atoms with Crippen molar-refractivity contribution >= 4 is 5.91 Å². The van der Waals surface area contributed by atoms with Crippen molar-refractivity contribution in [3.8, 4) is 6.07 Å². The molecule has 0 unspecified atom stereocenters. The first-order chi connectivity index (χ1) is 11.5. The molecule has 8 nitrogen and oxygen atoms in total. The summed E-state index contributed by atoms with van der Waals surface area (Å²) in [7, 11) is 0. The number of hydrogen-bond acceptors (Lipinski definition) is 6. The maximum Gasteiger partial charge on any atom is 0.437 e. The minimum absolute atomic E-state index is 0.0993. The summed E-state index contributed by atoms with van der Waals surface area (Å²) in [6, 6.07) is 2.20. The van der Waals surface area contributed by atoms with Gasteiger partial charge in [0.1, 0.15) is 12.6 Å². The largest absolute Gasteiger partial charge is 0.437 e. The fourth-order valence-corrected chi connectivity index (χ4v) is 2.89. The Labute approximate surface area is 141 Å². The van der Waals surface area contributed by atoms with E-state index in [1.807, 2.05) is 20.8 Å². The highest BCUT2D eigenvalue weighted by Gasteiger charge is 2.28. The molecule has 0 N–H and O–H groups in total. The summed E-state index contributed by atoms with van der Waals surface area (Å²) < 4.78 is 6.10. The standard InChI is InChI=1S/C16H25N5O3/c1-4-5-14-18-21(16(23)24-14)11-15(22)20-8-6-19(7-9-20)13(10-17)12(2)3/h12-13H,4-9,11H2,1-3H3/t13-/m0/s1. The lowest BCUT2D eigenvalue weighted by Gasteiger charge is -2.38. The zero-order valence-electron chi connectivity index (χ0n) is 14.6. The van der Waals surface area contributed by atoms with Crippen molar-refractivity contribution in [2.24, 2.45) is 5.92 Å². The van der Waals surface area contributed by atoms with E-state index in [1.54, 1.807) is 4.90 Å². The van der Waals surface area contributed by atoms with Crippen LogP contribution in [0.25, 0.3) is 0 Å². The van der Waals surface area contributed by atoms with Crippen molar-refractivity contribution in [2.75, 3.05) is 26.2 Å². The molecule has 1 aromatic heterocycles. The summed E-state index contributed by atoms with van der Waals surface area (Å²) in [6.07, 6.45) is 1.41. The zero-order chi connectivity index (χ0) is 17.7. The topological polar surface area (TPSA) is 95.4 Å². The van der Waals surface area contributed by atoms with E-state index in [-0.39, 0.29) is 24.4 Å². The Morgan fingerprint density at radius 1 is 1.33 bits per heavy atom. The lowest BCUT2D eigenvalue weighted by Crippen LogP contribution is -2.53. The SMILES string of the molecule is CCCc1nn(CC(=O)N2CCN([C@@H](C#N)C(C)C)CC2)c(=O)o1. The molecule has 2 heterocycles. The molecule has 0 aliphatic carbocycles. The van der Waals surface area contributed by atoms with Crippen LogP contribution < -0.4 is 5.76 Å². The third-order valence-corrected chi connectivity index (χ3v) is 4.22. The Morgan fingerprint density at radius 2 is 2.00 bits per heavy atom. The van der Waals surface area contributed by atoms with Crippen molar-refractivity contribution < 1.29 is 9.21 Å². The molecule has 8 heteroatoms. The fourth-order valence-electron chi connectivity index (χ4n) is 2.89. The highest BCUT2D eigenvalue weighted by molar-refractivity contribution is 5.76. The third kappa shape index (κ3) is 4.23. The summed E-state index contributed by atoms with van der Waals surface area (Å²) >= 11 is 0. The number of rotatable bonds is 6. The fraction of sp³-hybridized carbons (Fsp3) is 0.750. The minimum Gasteiger partial charge on any atom is -0.392 e. The average molecular weight is 335 g/mol. The van der Waals surface area contributed by atoms with Crippen LogP contribution in [0.1, 0.15) is 33.1 Å². The second-order valence-corrected chi connectivity index (χ2v) is 6.40. The van der Waals surface area contributed by atoms with Gasteiger partial charge in [-0.3, -0.25) is 9.69 Å². The van der Waals surface area contributed by atoms with Gasteiger partial charge in [-0.15, -0.1) is 5.10 Å². The molecule has 1 aromatic rings. The van der Waals surface area contributed by atoms with Crippen molar-refractivity contribution in [1.82, 2.24) is 19.6 Å². The van der Waals surface area contributed by atoms with Gasteiger partial charge in [0, 0.05) is 32.6 Å². The Bertz CT molecular complexity index is 649. The van der Waals surface area contributed by atoms with Gasteiger partial charge in [-0.2, -0.15) is 9.94 Å². The normalized spacial score (nSPS) is 17.0. The summed E-state index contributed by atoms with van der Waals surface area (Å²) in [6.45, 7) is 8.35. The lowest BCUT2D eigenvalue weighted by molar-refractivity contribution is -0.134. The molecule has 0 aromatic carbocycles. The number of piperazine rings is 1. The van der Waals surface area contributed by atoms with Gasteiger partial charge in [0.25, 0.3) is 0 Å². The number of hydrogen-bond donors (Lipinski definition) is 0. The van der Waals surface area contributed by atoms with Crippen LogP contribution in [-0.2, 0) is 17.8 Å². The Morgan fingerprint density at radius 3 is 2.54 bits per heavy atom. The van der Waals surface area contributed by atoms with Crippen LogP contribution in [0.5, 0.6) is 0 Å². The van der Waals surface area contributed by atoms with E-state index in [0.29, 0.717) is 38.5 Å². The van der Waals surface area contributed by atoms with E-state index in [2.05, 4.69) is 16.1 Å². The van der Waals surface area contributed by atoms with Gasteiger partial charge in [-0.05, 0) is 12.3 Å². The monoisotopic (exact) mass is 335 g/mol. The molecular weight excluding hydrogens is 310 g/mol. The number of aromatic nitrogens is 2. The first-order valence-corrected chi connectivity index (χ1v) is 8.44. The molecule has 1 atom stereocenters. The van der Waals surface area contributed by atoms with E-state index in [4.69, 9.17) is 4.42 Å². The molecule has 0 bridgehead atoms. The maximum atomic E-state index is 12.4. The van der Waals surface area contributed by atoms with Crippen LogP contribution in [0.3, 0.4) is 0 Å². The van der Waals surface area contributed by atoms with E-state index < -0.39 is 5.76 Å². The molecule has 24 heavy (non-hydrogen) atoms. The number of aryl methyl sites for hydroxylation is 1. The molecule has 132 valence electrons. The number of carbonyl (C=O) groups excluding carboxylic acids is 1. The van der Waals surface area contributed by atoms with E-state index in [1.165, 1.54) is 0 Å². The molecular formula is C16H25N5O3. The van der Waals surface area contributed by atoms with Gasteiger partial charge in [-0.1, -0.05) is 20.8 Å². The second kappa shape index (κ2) is 8.11. The number of carbonyl (C=O) groups is 1. The van der Waals surface area contributed by atoms with Gasteiger partial charge < -0.3 is 9.32 Å². The summed E-state index contributed by atoms with van der Waals surface area (Å²) in [5, 5.41) is 13.3. The van der Waals surface area contributed by atoms with Gasteiger partial charge in [-0.25, -0.2) is 4.79 Å². The second-order valence-electron chi connectivity index (χ2n) is 6.40. The first kappa shape index (κ1) is 18.2. The summed E-state index contributed by atoms with van der Waals surface area (Å²) in [4.78, 5) is 27.9. The smallest absolute Gasteiger partial charge is 0.392 e. The van der Waals surface area contributed by atoms with Crippen LogP contribution in [-0.4, -0.2) is 57.7 Å². The summed E-state index contributed by atoms with van der Waals surface area (Å²) in [5.74, 6) is -0.113. The Kier molecular flexibility index (Phi) is 6.15. The molecule has 1 aliphatic rings. The number of nitrogens with zero attached hydrogens (tertiary/aromatic N) is 5. The Balaban J connectivity index is 1.91. The number of amides is 1. The van der Waals surface area contributed by atoms with E-state index in [9.17, 15) is 14.9 Å². The van der Waals surface area contributed by atoms with Crippen LogP contribution in [0, 0.1) is 17.2 Å². The maximum absolute atomic E-state index is 12.4. The zero-order valence-corrected chi connectivity index (χ0v) is 14.6. The first-order valence-electron chi connectivity index (χ1n) is 8.44. The predicted molar refractivity (Wildman–Crippen MR) is 87.2 cm³/mol. The Hall–Kier alpha value is -2.14. The van der Waals surface area contributed by atoms with Gasteiger partial charge >= 0.3 is 5.76 Å². The molecule has 1 fully saturated rings. The van der Waals surface area contributed by atoms with Crippen molar-refractivity contribution in [3.63, 3.8) is 0 Å². The van der Waals surface area contributed by atoms with E-state index in [0.717, 1.165) is 11.1 Å². The van der Waals surface area contributed by atoms with E-state index >= 15 is 0 Å². The highest BCUT2D eigenvalue weighted by Crippen LogP contribution is 2.13. The van der Waals surface area contributed by atoms with Gasteiger partial charge in [0.15, 0.2) is 0 Å². The van der Waals surface area contributed by atoms with Crippen LogP contribution in [0.2, 0.25) is 0 Å². The van der Waals surface area contributed by atoms with Crippen molar-refractivity contribution in [2.45, 2.75) is 46.2 Å². The molecule has 0 radical (unpaired) electrons. The van der Waals surface area contributed by atoms with Crippen LogP contribution in [0.4, 0.5) is 0 Å². The molecule has 0 saturated carbocycles. The predicted octanol–water partition coefficient (Wildman–Crippen LogP) is 0.481. The number of nitriles is 1. The molecule has 1 saturated heterocycles. The average Bonchev–Trinajstić information content (AvgIpc) is 2.88. The minimum atomic E-state index is -0.588. The molecule has 1 amide bonds. The summed E-state index contributed by atoms with van der Waals surface area (Å²) in [5.41, 5.74) is 0. The molecule has 0 spiro atoms. The van der Waals surface area contributed by atoms with Crippen LogP contribution >= 0.6 is 0 Å². The lowest BCUT2D eigenvalue weighted by atomic mass is 10.0. The molecule has 2 rings (SSSR count). The quantitative estimate of drug-likeness (QED) is 0.750. The van der Waals surface area contributed by atoms with Gasteiger partial charge in [0.2, 0.25) is 11.8 Å². The highest BCUT2D eigenvalue weighted by atomic mass is 16.4.